The highest BCUT2D eigenvalue weighted by molar-refractivity contribution is 7.37. The lowest BCUT2D eigenvalue weighted by Gasteiger charge is -1.91. The molecule has 0 saturated carbocycles. The van der Waals surface area contributed by atoms with E-state index >= 15 is 0 Å². The van der Waals surface area contributed by atoms with E-state index in [2.05, 4.69) is 0 Å². The molecule has 4 heteroatoms. The van der Waals surface area contributed by atoms with Gasteiger partial charge in [0.05, 0.1) is 0 Å². The summed E-state index contributed by atoms with van der Waals surface area (Å²) in [6, 6.07) is 9.71. The first-order valence-electron chi connectivity index (χ1n) is 3.46. The molecule has 1 aromatic rings. The minimum atomic E-state index is -1.97. The van der Waals surface area contributed by atoms with Crippen molar-refractivity contribution in [2.45, 2.75) is 6.42 Å². The van der Waals surface area contributed by atoms with E-state index in [1.165, 1.54) is 0 Å². The molecule has 1 atom stereocenters. The number of aryl methyl sites for hydroxylation is 1. The van der Waals surface area contributed by atoms with E-state index in [1.807, 2.05) is 30.3 Å². The van der Waals surface area contributed by atoms with E-state index in [4.69, 9.17) is 4.89 Å². The summed E-state index contributed by atoms with van der Waals surface area (Å²) in [5.74, 6) is 0. The Labute approximate surface area is 83.6 Å². The molecule has 0 aromatic heterocycles. The maximum absolute atomic E-state index is 10.3. The van der Waals surface area contributed by atoms with Crippen LogP contribution < -0.4 is 0 Å². The molecule has 0 aliphatic heterocycles. The normalized spacial score (nSPS) is 10.2. The second-order valence-corrected chi connectivity index (χ2v) is 3.46. The van der Waals surface area contributed by atoms with Crippen LogP contribution in [0.3, 0.4) is 0 Å². The van der Waals surface area contributed by atoms with Gasteiger partial charge in [-0.1, -0.05) is 30.3 Å². The van der Waals surface area contributed by atoms with Crippen LogP contribution in [0.4, 0.5) is 0 Å². The lowest BCUT2D eigenvalue weighted by Crippen LogP contribution is -1.86. The van der Waals surface area contributed by atoms with Crippen LogP contribution >= 0.6 is 8.03 Å². The molecule has 1 unspecified atom stereocenters. The molecule has 0 spiro atoms. The summed E-state index contributed by atoms with van der Waals surface area (Å²) in [5.41, 5.74) is 1.12. The molecule has 0 fully saturated rings. The molecular weight excluding hydrogens is 186 g/mol. The summed E-state index contributed by atoms with van der Waals surface area (Å²) in [7, 11) is -1.97. The SMILES string of the molecule is O=[P+](O)CCc1ccccc1.[AlH3]. The number of hydrogen-bond acceptors (Lipinski definition) is 1. The van der Waals surface area contributed by atoms with Gasteiger partial charge in [-0.3, -0.25) is 0 Å². The summed E-state index contributed by atoms with van der Waals surface area (Å²) >= 11 is 0. The summed E-state index contributed by atoms with van der Waals surface area (Å²) in [4.78, 5) is 8.52. The first-order chi connectivity index (χ1) is 5.29. The van der Waals surface area contributed by atoms with Crippen molar-refractivity contribution in [3.05, 3.63) is 35.9 Å². The Bertz CT molecular complexity index is 238. The summed E-state index contributed by atoms with van der Waals surface area (Å²) < 4.78 is 10.3. The number of hydrogen-bond donors (Lipinski definition) is 1. The zero-order valence-corrected chi connectivity index (χ0v) is 7.00. The van der Waals surface area contributed by atoms with E-state index in [1.54, 1.807) is 0 Å². The highest BCUT2D eigenvalue weighted by atomic mass is 31.1. The molecule has 0 bridgehead atoms. The van der Waals surface area contributed by atoms with Crippen LogP contribution in [0.15, 0.2) is 30.3 Å². The molecule has 0 aliphatic rings. The van der Waals surface area contributed by atoms with Crippen molar-refractivity contribution >= 4 is 25.4 Å². The molecule has 2 nitrogen and oxygen atoms in total. The topological polar surface area (TPSA) is 37.3 Å². The fourth-order valence-electron chi connectivity index (χ4n) is 0.869. The fourth-order valence-corrected chi connectivity index (χ4v) is 1.32. The maximum atomic E-state index is 10.3. The molecule has 0 radical (unpaired) electrons. The molecule has 0 saturated heterocycles. The third-order valence-electron chi connectivity index (χ3n) is 1.43. The van der Waals surface area contributed by atoms with Crippen LogP contribution in [-0.2, 0) is 11.0 Å². The lowest BCUT2D eigenvalue weighted by atomic mass is 10.2. The Balaban J connectivity index is 0.00000121. The number of rotatable bonds is 3. The Morgan fingerprint density at radius 2 is 1.83 bits per heavy atom. The van der Waals surface area contributed by atoms with Crippen LogP contribution in [0.5, 0.6) is 0 Å². The van der Waals surface area contributed by atoms with Gasteiger partial charge in [0.25, 0.3) is 0 Å². The van der Waals surface area contributed by atoms with Gasteiger partial charge >= 0.3 is 8.03 Å². The van der Waals surface area contributed by atoms with Crippen LogP contribution in [0.2, 0.25) is 0 Å². The molecule has 0 heterocycles. The Hall–Kier alpha value is -0.188. The summed E-state index contributed by atoms with van der Waals surface area (Å²) in [5, 5.41) is 0. The molecule has 64 valence electrons. The third kappa shape index (κ3) is 4.64. The Morgan fingerprint density at radius 1 is 1.25 bits per heavy atom. The third-order valence-corrected chi connectivity index (χ3v) is 2.04. The lowest BCUT2D eigenvalue weighted by molar-refractivity contribution is 0.502. The number of benzene rings is 1. The van der Waals surface area contributed by atoms with Gasteiger partial charge in [0.1, 0.15) is 0 Å². The highest BCUT2D eigenvalue weighted by Gasteiger charge is 2.08. The average Bonchev–Trinajstić information content (AvgIpc) is 2.03. The van der Waals surface area contributed by atoms with E-state index in [0.29, 0.717) is 12.6 Å². The highest BCUT2D eigenvalue weighted by Crippen LogP contribution is 2.14. The van der Waals surface area contributed by atoms with Gasteiger partial charge in [-0.2, -0.15) is 4.89 Å². The van der Waals surface area contributed by atoms with Crippen molar-refractivity contribution < 1.29 is 9.46 Å². The van der Waals surface area contributed by atoms with Crippen LogP contribution in [0.1, 0.15) is 5.56 Å². The van der Waals surface area contributed by atoms with Crippen molar-refractivity contribution in [1.29, 1.82) is 0 Å². The zero-order valence-electron chi connectivity index (χ0n) is 6.10. The van der Waals surface area contributed by atoms with Gasteiger partial charge in [0, 0.05) is 6.42 Å². The first-order valence-corrected chi connectivity index (χ1v) is 4.86. The van der Waals surface area contributed by atoms with Crippen molar-refractivity contribution in [1.82, 2.24) is 0 Å². The van der Waals surface area contributed by atoms with E-state index in [-0.39, 0.29) is 17.4 Å². The van der Waals surface area contributed by atoms with Gasteiger partial charge in [-0.05, 0) is 10.1 Å². The standard InChI is InChI=1S/C8H9O2P.Al.3H/c9-11(10)7-6-8-4-2-1-3-5-8;;;;/h1-5H,6-7H2;;;;/p+1. The molecule has 1 rings (SSSR count). The Kier molecular flexibility index (Phi) is 6.24. The van der Waals surface area contributed by atoms with E-state index in [9.17, 15) is 4.57 Å². The molecule has 12 heavy (non-hydrogen) atoms. The molecule has 0 aliphatic carbocycles. The van der Waals surface area contributed by atoms with Crippen molar-refractivity contribution in [2.75, 3.05) is 6.16 Å². The second kappa shape index (κ2) is 6.34. The van der Waals surface area contributed by atoms with Gasteiger partial charge in [0.2, 0.25) is 0 Å². The molecule has 1 aromatic carbocycles. The minimum absolute atomic E-state index is 0. The van der Waals surface area contributed by atoms with Crippen LogP contribution in [0, 0.1) is 0 Å². The summed E-state index contributed by atoms with van der Waals surface area (Å²) in [6.07, 6.45) is 1.05. The maximum Gasteiger partial charge on any atom is 0.505 e. The van der Waals surface area contributed by atoms with Gasteiger partial charge < -0.3 is 0 Å². The van der Waals surface area contributed by atoms with Gasteiger partial charge in [0.15, 0.2) is 23.5 Å². The minimum Gasteiger partial charge on any atom is -0.161 e. The molecule has 0 amide bonds. The predicted octanol–water partition coefficient (Wildman–Crippen LogP) is 0.780. The van der Waals surface area contributed by atoms with E-state index in [0.717, 1.165) is 5.56 Å². The van der Waals surface area contributed by atoms with Crippen molar-refractivity contribution in [3.63, 3.8) is 0 Å². The molecule has 1 N–H and O–H groups in total. The Morgan fingerprint density at radius 3 is 2.33 bits per heavy atom. The largest absolute Gasteiger partial charge is 0.505 e. The predicted molar refractivity (Wildman–Crippen MR) is 54.8 cm³/mol. The van der Waals surface area contributed by atoms with Gasteiger partial charge in [-0.25, -0.2) is 0 Å². The average molecular weight is 199 g/mol. The quantitative estimate of drug-likeness (QED) is 0.577. The van der Waals surface area contributed by atoms with Gasteiger partial charge in [-0.15, -0.1) is 0 Å². The monoisotopic (exact) mass is 199 g/mol. The first kappa shape index (κ1) is 11.8. The van der Waals surface area contributed by atoms with Crippen LogP contribution in [0.25, 0.3) is 0 Å². The van der Waals surface area contributed by atoms with E-state index < -0.39 is 8.03 Å². The summed E-state index contributed by atoms with van der Waals surface area (Å²) in [6.45, 7) is 0. The van der Waals surface area contributed by atoms with Crippen molar-refractivity contribution in [3.8, 4) is 0 Å². The zero-order chi connectivity index (χ0) is 8.10. The second-order valence-electron chi connectivity index (χ2n) is 2.31. The smallest absolute Gasteiger partial charge is 0.161 e. The molecular formula is C8H13AlO2P+. The fraction of sp³-hybridized carbons (Fsp3) is 0.250. The van der Waals surface area contributed by atoms with Crippen LogP contribution in [-0.4, -0.2) is 28.4 Å². The van der Waals surface area contributed by atoms with Crippen molar-refractivity contribution in [2.24, 2.45) is 0 Å².